The number of methoxy groups -OCH3 is 1. The molecule has 3 N–H and O–H groups in total. The van der Waals surface area contributed by atoms with Gasteiger partial charge in [-0.05, 0) is 18.8 Å². The predicted octanol–water partition coefficient (Wildman–Crippen LogP) is 0.361. The van der Waals surface area contributed by atoms with Crippen molar-refractivity contribution in [3.05, 3.63) is 0 Å². The van der Waals surface area contributed by atoms with Gasteiger partial charge in [0.25, 0.3) is 0 Å². The van der Waals surface area contributed by atoms with E-state index in [0.717, 1.165) is 32.5 Å². The van der Waals surface area contributed by atoms with Crippen LogP contribution in [0.3, 0.4) is 0 Å². The molecule has 21 heavy (non-hydrogen) atoms. The van der Waals surface area contributed by atoms with Crippen molar-refractivity contribution in [2.75, 3.05) is 33.3 Å². The smallest absolute Gasteiger partial charge is 0.305 e. The van der Waals surface area contributed by atoms with Crippen molar-refractivity contribution in [3.63, 3.8) is 0 Å². The fraction of sp³-hybridized carbons (Fsp3) is 0.867. The Labute approximate surface area is 127 Å². The Bertz CT molecular complexity index is 347. The molecule has 1 aliphatic heterocycles. The number of likely N-dealkylation sites (tertiary alicyclic amines) is 1. The summed E-state index contributed by atoms with van der Waals surface area (Å²) in [6.07, 6.45) is 2.14. The Kier molecular flexibility index (Phi) is 7.67. The fourth-order valence-electron chi connectivity index (χ4n) is 2.77. The van der Waals surface area contributed by atoms with Gasteiger partial charge >= 0.3 is 5.97 Å². The Hall–Kier alpha value is -1.14. The molecular weight excluding hydrogens is 270 g/mol. The Balaban J connectivity index is 2.55. The van der Waals surface area contributed by atoms with E-state index in [2.05, 4.69) is 10.2 Å². The highest BCUT2D eigenvalue weighted by molar-refractivity contribution is 5.78. The van der Waals surface area contributed by atoms with Crippen LogP contribution in [0.5, 0.6) is 0 Å². The number of nitrogens with one attached hydrogen (secondary N) is 1. The second-order valence-electron chi connectivity index (χ2n) is 6.12. The number of ether oxygens (including phenoxy) is 1. The summed E-state index contributed by atoms with van der Waals surface area (Å²) in [5.41, 5.74) is 5.64. The topological polar surface area (TPSA) is 84.7 Å². The largest absolute Gasteiger partial charge is 0.469 e. The van der Waals surface area contributed by atoms with E-state index in [9.17, 15) is 9.59 Å². The number of hydrogen-bond acceptors (Lipinski definition) is 5. The predicted molar refractivity (Wildman–Crippen MR) is 81.6 cm³/mol. The van der Waals surface area contributed by atoms with Crippen molar-refractivity contribution < 1.29 is 14.3 Å². The maximum Gasteiger partial charge on any atom is 0.305 e. The lowest BCUT2D eigenvalue weighted by molar-refractivity contribution is -0.141. The lowest BCUT2D eigenvalue weighted by Crippen LogP contribution is -2.52. The molecule has 0 aromatic heterocycles. The van der Waals surface area contributed by atoms with Crippen LogP contribution in [-0.2, 0) is 14.3 Å². The van der Waals surface area contributed by atoms with Gasteiger partial charge in [0.05, 0.1) is 7.11 Å². The van der Waals surface area contributed by atoms with E-state index in [1.807, 2.05) is 13.8 Å². The molecule has 0 bridgehead atoms. The summed E-state index contributed by atoms with van der Waals surface area (Å²) in [6, 6.07) is 0.142. The zero-order valence-electron chi connectivity index (χ0n) is 13.4. The molecule has 1 fully saturated rings. The monoisotopic (exact) mass is 299 g/mol. The summed E-state index contributed by atoms with van der Waals surface area (Å²) >= 11 is 0. The second kappa shape index (κ2) is 9.00. The molecule has 0 aliphatic carbocycles. The van der Waals surface area contributed by atoms with E-state index in [-0.39, 0.29) is 23.8 Å². The molecule has 1 heterocycles. The molecule has 1 aliphatic rings. The van der Waals surface area contributed by atoms with Crippen molar-refractivity contribution in [1.29, 1.82) is 0 Å². The first-order valence-electron chi connectivity index (χ1n) is 7.75. The van der Waals surface area contributed by atoms with Crippen LogP contribution in [0.1, 0.15) is 33.1 Å². The zero-order chi connectivity index (χ0) is 15.8. The van der Waals surface area contributed by atoms with E-state index >= 15 is 0 Å². The van der Waals surface area contributed by atoms with Gasteiger partial charge in [-0.1, -0.05) is 13.8 Å². The SMILES string of the molecule is COC(=O)CCC1CC(NC(=O)C(C)C)CN(CCN)C1. The lowest BCUT2D eigenvalue weighted by atomic mass is 9.90. The summed E-state index contributed by atoms with van der Waals surface area (Å²) in [7, 11) is 1.41. The average molecular weight is 299 g/mol. The van der Waals surface area contributed by atoms with Crippen molar-refractivity contribution in [1.82, 2.24) is 10.2 Å². The number of hydrogen-bond donors (Lipinski definition) is 2. The van der Waals surface area contributed by atoms with Crippen LogP contribution in [0.2, 0.25) is 0 Å². The van der Waals surface area contributed by atoms with Gasteiger partial charge in [0, 0.05) is 44.6 Å². The van der Waals surface area contributed by atoms with Gasteiger partial charge in [-0.2, -0.15) is 0 Å². The van der Waals surface area contributed by atoms with Gasteiger partial charge in [0.1, 0.15) is 0 Å². The molecule has 0 spiro atoms. The molecule has 2 atom stereocenters. The van der Waals surface area contributed by atoms with Crippen molar-refractivity contribution in [2.24, 2.45) is 17.6 Å². The molecular formula is C15H29N3O3. The van der Waals surface area contributed by atoms with E-state index in [1.165, 1.54) is 7.11 Å². The van der Waals surface area contributed by atoms with Gasteiger partial charge < -0.3 is 15.8 Å². The molecule has 1 amide bonds. The minimum Gasteiger partial charge on any atom is -0.469 e. The Morgan fingerprint density at radius 1 is 1.38 bits per heavy atom. The molecule has 0 aromatic rings. The first-order valence-corrected chi connectivity index (χ1v) is 7.75. The van der Waals surface area contributed by atoms with Crippen molar-refractivity contribution >= 4 is 11.9 Å². The zero-order valence-corrected chi connectivity index (χ0v) is 13.4. The second-order valence-corrected chi connectivity index (χ2v) is 6.12. The van der Waals surface area contributed by atoms with Gasteiger partial charge in [0.2, 0.25) is 5.91 Å². The molecule has 0 aromatic carbocycles. The summed E-state index contributed by atoms with van der Waals surface area (Å²) in [4.78, 5) is 25.4. The fourth-order valence-corrected chi connectivity index (χ4v) is 2.77. The number of nitrogens with two attached hydrogens (primary N) is 1. The summed E-state index contributed by atoms with van der Waals surface area (Å²) in [5, 5.41) is 3.10. The highest BCUT2D eigenvalue weighted by Crippen LogP contribution is 2.21. The first kappa shape index (κ1) is 17.9. The maximum absolute atomic E-state index is 11.9. The molecule has 0 saturated carbocycles. The van der Waals surface area contributed by atoms with E-state index in [1.54, 1.807) is 0 Å². The first-order chi connectivity index (χ1) is 9.96. The number of carbonyl (C=O) groups is 2. The number of carbonyl (C=O) groups excluding carboxylic acids is 2. The van der Waals surface area contributed by atoms with Crippen LogP contribution < -0.4 is 11.1 Å². The van der Waals surface area contributed by atoms with Crippen LogP contribution in [0.4, 0.5) is 0 Å². The molecule has 1 rings (SSSR count). The molecule has 0 radical (unpaired) electrons. The quantitative estimate of drug-likeness (QED) is 0.663. The molecule has 6 nitrogen and oxygen atoms in total. The minimum absolute atomic E-state index is 0.0107. The van der Waals surface area contributed by atoms with E-state index in [0.29, 0.717) is 18.9 Å². The molecule has 122 valence electrons. The third-order valence-corrected chi connectivity index (χ3v) is 3.91. The highest BCUT2D eigenvalue weighted by atomic mass is 16.5. The van der Waals surface area contributed by atoms with Crippen LogP contribution in [0, 0.1) is 11.8 Å². The number of nitrogens with zero attached hydrogens (tertiary/aromatic N) is 1. The van der Waals surface area contributed by atoms with Gasteiger partial charge in [0.15, 0.2) is 0 Å². The summed E-state index contributed by atoms with van der Waals surface area (Å²) in [5.74, 6) is 0.292. The van der Waals surface area contributed by atoms with Gasteiger partial charge in [-0.15, -0.1) is 0 Å². The van der Waals surface area contributed by atoms with Gasteiger partial charge in [-0.25, -0.2) is 0 Å². The van der Waals surface area contributed by atoms with E-state index in [4.69, 9.17) is 10.5 Å². The molecule has 2 unspecified atom stereocenters. The summed E-state index contributed by atoms with van der Waals surface area (Å²) in [6.45, 7) is 6.99. The van der Waals surface area contributed by atoms with Crippen molar-refractivity contribution in [3.8, 4) is 0 Å². The molecule has 6 heteroatoms. The Morgan fingerprint density at radius 2 is 2.10 bits per heavy atom. The number of esters is 1. The normalized spacial score (nSPS) is 23.1. The maximum atomic E-state index is 11.9. The van der Waals surface area contributed by atoms with Crippen molar-refractivity contribution in [2.45, 2.75) is 39.2 Å². The average Bonchev–Trinajstić information content (AvgIpc) is 2.44. The van der Waals surface area contributed by atoms with Gasteiger partial charge in [-0.3, -0.25) is 14.5 Å². The third kappa shape index (κ3) is 6.44. The molecule has 1 saturated heterocycles. The third-order valence-electron chi connectivity index (χ3n) is 3.91. The summed E-state index contributed by atoms with van der Waals surface area (Å²) < 4.78 is 4.70. The lowest BCUT2D eigenvalue weighted by Gasteiger charge is -2.38. The Morgan fingerprint density at radius 3 is 2.67 bits per heavy atom. The van der Waals surface area contributed by atoms with Crippen LogP contribution in [0.15, 0.2) is 0 Å². The number of rotatable bonds is 7. The van der Waals surface area contributed by atoms with E-state index < -0.39 is 0 Å². The van der Waals surface area contributed by atoms with Crippen LogP contribution in [0.25, 0.3) is 0 Å². The van der Waals surface area contributed by atoms with Crippen LogP contribution in [-0.4, -0.2) is 56.1 Å². The standard InChI is InChI=1S/C15H29N3O3/c1-11(2)15(20)17-13-8-12(4-5-14(19)21-3)9-18(10-13)7-6-16/h11-13H,4-10,16H2,1-3H3,(H,17,20). The number of amides is 1. The highest BCUT2D eigenvalue weighted by Gasteiger charge is 2.28. The van der Waals surface area contributed by atoms with Crippen LogP contribution >= 0.6 is 0 Å². The number of piperidine rings is 1. The minimum atomic E-state index is -0.172.